The van der Waals surface area contributed by atoms with Crippen molar-refractivity contribution < 1.29 is 38.9 Å². The molecule has 5 rings (SSSR count). The molecule has 0 saturated heterocycles. The van der Waals surface area contributed by atoms with E-state index in [-0.39, 0.29) is 30.6 Å². The molecule has 1 amide bonds. The Hall–Kier alpha value is -4.05. The second-order valence-corrected chi connectivity index (χ2v) is 10.7. The first-order chi connectivity index (χ1) is 18.4. The largest absolute Gasteiger partial charge is 0.507 e. The Labute approximate surface area is 224 Å². The number of hydrogen-bond acceptors (Lipinski definition) is 9. The number of nitrogens with zero attached hydrogens (tertiary/aromatic N) is 1. The summed E-state index contributed by atoms with van der Waals surface area (Å²) in [6, 6.07) is 8.81. The van der Waals surface area contributed by atoms with Gasteiger partial charge in [-0.15, -0.1) is 0 Å². The van der Waals surface area contributed by atoms with Gasteiger partial charge in [0.25, 0.3) is 0 Å². The van der Waals surface area contributed by atoms with Gasteiger partial charge in [0.15, 0.2) is 34.7 Å². The molecule has 5 atom stereocenters. The number of rotatable bonds is 5. The summed E-state index contributed by atoms with van der Waals surface area (Å²) in [5.41, 5.74) is 4.71. The Morgan fingerprint density at radius 2 is 1.85 bits per heavy atom. The molecule has 0 radical (unpaired) electrons. The number of carbonyl (C=O) groups excluding carboxylic acids is 5. The third-order valence-electron chi connectivity index (χ3n) is 8.32. The fourth-order valence-corrected chi connectivity index (χ4v) is 6.55. The molecule has 39 heavy (non-hydrogen) atoms. The number of anilines is 1. The highest BCUT2D eigenvalue weighted by molar-refractivity contribution is 6.31. The third kappa shape index (κ3) is 3.84. The number of ether oxygens (including phenoxy) is 1. The number of nitrogens with two attached hydrogens (primary N) is 1. The van der Waals surface area contributed by atoms with Crippen LogP contribution in [0.3, 0.4) is 0 Å². The average molecular weight is 535 g/mol. The fraction of sp³-hybridized carbons (Fsp3) is 0.414. The van der Waals surface area contributed by atoms with Crippen molar-refractivity contribution in [2.45, 2.75) is 31.8 Å². The van der Waals surface area contributed by atoms with E-state index in [9.17, 15) is 34.2 Å². The molecule has 0 bridgehead atoms. The summed E-state index contributed by atoms with van der Waals surface area (Å²) in [6.07, 6.45) is -0.106. The van der Waals surface area contributed by atoms with Crippen LogP contribution in [0.1, 0.15) is 35.7 Å². The molecule has 2 fully saturated rings. The second kappa shape index (κ2) is 9.30. The zero-order valence-corrected chi connectivity index (χ0v) is 21.9. The molecule has 0 heterocycles. The Balaban J connectivity index is 1.64. The molecule has 0 aromatic heterocycles. The van der Waals surface area contributed by atoms with Crippen LogP contribution in [-0.4, -0.2) is 65.6 Å². The van der Waals surface area contributed by atoms with Gasteiger partial charge < -0.3 is 25.6 Å². The van der Waals surface area contributed by atoms with Gasteiger partial charge in [0, 0.05) is 37.7 Å². The van der Waals surface area contributed by atoms with Crippen molar-refractivity contribution in [3.63, 3.8) is 0 Å². The van der Waals surface area contributed by atoms with Crippen molar-refractivity contribution in [3.05, 3.63) is 41.5 Å². The van der Waals surface area contributed by atoms with Gasteiger partial charge in [0.1, 0.15) is 11.5 Å². The van der Waals surface area contributed by atoms with Gasteiger partial charge >= 0.3 is 0 Å². The van der Waals surface area contributed by atoms with E-state index in [1.165, 1.54) is 0 Å². The Kier molecular flexibility index (Phi) is 6.33. The van der Waals surface area contributed by atoms with Gasteiger partial charge in [0.2, 0.25) is 5.91 Å². The SMILES string of the molecule is CCOc1cccc(-c2cc(N(C)C)c3c(c2O)C(=O)C2C(=O)[C@]4(O)C(=O)C(C(N)=O)C(=O)C[C@@H]4C[C@@H]2C3)c1. The summed E-state index contributed by atoms with van der Waals surface area (Å²) < 4.78 is 5.59. The maximum atomic E-state index is 14.0. The number of phenolic OH excluding ortho intramolecular Hbond substituents is 1. The number of fused-ring (bicyclic) bond motifs is 3. The highest BCUT2D eigenvalue weighted by Gasteiger charge is 2.66. The summed E-state index contributed by atoms with van der Waals surface area (Å²) in [4.78, 5) is 67.1. The second-order valence-electron chi connectivity index (χ2n) is 10.7. The van der Waals surface area contributed by atoms with Crippen LogP contribution in [0.2, 0.25) is 0 Å². The standard InChI is InChI=1S/C29H30N2O8/c1-4-39-16-7-5-6-13(9-16)17-12-19(31(2)3)18-10-14-8-15-11-20(32)23(28(30)37)27(36)29(15,38)26(35)21(14)25(34)22(18)24(17)33/h5-7,9,12,14-15,21,23,33,38H,4,8,10-11H2,1-3H3,(H2,30,37)/t14-,15+,21?,23?,29+/m1/s1. The van der Waals surface area contributed by atoms with E-state index in [1.807, 2.05) is 11.8 Å². The van der Waals surface area contributed by atoms with Crippen molar-refractivity contribution >= 4 is 34.7 Å². The molecule has 3 aliphatic rings. The van der Waals surface area contributed by atoms with Crippen LogP contribution < -0.4 is 15.4 Å². The first-order valence-electron chi connectivity index (χ1n) is 12.9. The van der Waals surface area contributed by atoms with Gasteiger partial charge in [-0.05, 0) is 55.0 Å². The molecule has 2 aromatic carbocycles. The number of hydrogen-bond donors (Lipinski definition) is 3. The van der Waals surface area contributed by atoms with E-state index >= 15 is 0 Å². The lowest BCUT2D eigenvalue weighted by atomic mass is 9.53. The number of carbonyl (C=O) groups is 5. The quantitative estimate of drug-likeness (QED) is 0.482. The van der Waals surface area contributed by atoms with Gasteiger partial charge in [-0.25, -0.2) is 0 Å². The minimum absolute atomic E-state index is 0.0413. The summed E-state index contributed by atoms with van der Waals surface area (Å²) in [5.74, 6) is -9.74. The molecule has 10 nitrogen and oxygen atoms in total. The van der Waals surface area contributed by atoms with Crippen LogP contribution in [0.5, 0.6) is 11.5 Å². The molecule has 2 saturated carbocycles. The maximum absolute atomic E-state index is 14.0. The molecule has 0 spiro atoms. The van der Waals surface area contributed by atoms with Crippen molar-refractivity contribution in [1.82, 2.24) is 0 Å². The smallest absolute Gasteiger partial charge is 0.235 e. The number of ketones is 4. The summed E-state index contributed by atoms with van der Waals surface area (Å²) in [5, 5.41) is 22.8. The predicted octanol–water partition coefficient (Wildman–Crippen LogP) is 1.46. The normalized spacial score (nSPS) is 27.9. The molecule has 10 heteroatoms. The lowest BCUT2D eigenvalue weighted by molar-refractivity contribution is -0.175. The molecule has 2 aromatic rings. The molecular weight excluding hydrogens is 504 g/mol. The van der Waals surface area contributed by atoms with E-state index in [0.717, 1.165) is 0 Å². The van der Waals surface area contributed by atoms with Gasteiger partial charge in [-0.3, -0.25) is 24.0 Å². The maximum Gasteiger partial charge on any atom is 0.235 e. The topological polar surface area (TPSA) is 164 Å². The monoisotopic (exact) mass is 534 g/mol. The van der Waals surface area contributed by atoms with Crippen molar-refractivity contribution in [3.8, 4) is 22.6 Å². The highest BCUT2D eigenvalue weighted by Crippen LogP contribution is 2.52. The third-order valence-corrected chi connectivity index (χ3v) is 8.32. The highest BCUT2D eigenvalue weighted by atomic mass is 16.5. The lowest BCUT2D eigenvalue weighted by Gasteiger charge is -2.48. The van der Waals surface area contributed by atoms with Crippen LogP contribution in [0.15, 0.2) is 30.3 Å². The molecule has 4 N–H and O–H groups in total. The van der Waals surface area contributed by atoms with Crippen LogP contribution >= 0.6 is 0 Å². The zero-order valence-electron chi connectivity index (χ0n) is 21.9. The molecule has 2 unspecified atom stereocenters. The molecule has 0 aliphatic heterocycles. The number of amides is 1. The minimum atomic E-state index is -2.68. The molecule has 3 aliphatic carbocycles. The van der Waals surface area contributed by atoms with Crippen LogP contribution in [0.4, 0.5) is 5.69 Å². The van der Waals surface area contributed by atoms with Crippen LogP contribution in [0, 0.1) is 23.7 Å². The van der Waals surface area contributed by atoms with Gasteiger partial charge in [0.05, 0.1) is 18.1 Å². The minimum Gasteiger partial charge on any atom is -0.507 e. The van der Waals surface area contributed by atoms with Crippen molar-refractivity contribution in [2.24, 2.45) is 29.4 Å². The van der Waals surface area contributed by atoms with E-state index in [1.54, 1.807) is 44.4 Å². The molecular formula is C29H30N2O8. The number of aliphatic hydroxyl groups is 1. The van der Waals surface area contributed by atoms with Gasteiger partial charge in [-0.1, -0.05) is 12.1 Å². The Morgan fingerprint density at radius 1 is 1.13 bits per heavy atom. The van der Waals surface area contributed by atoms with E-state index in [2.05, 4.69) is 0 Å². The summed E-state index contributed by atoms with van der Waals surface area (Å²) in [7, 11) is 3.60. The van der Waals surface area contributed by atoms with E-state index in [4.69, 9.17) is 10.5 Å². The number of aromatic hydroxyl groups is 1. The van der Waals surface area contributed by atoms with E-state index in [0.29, 0.717) is 34.7 Å². The van der Waals surface area contributed by atoms with Crippen molar-refractivity contribution in [2.75, 3.05) is 25.6 Å². The predicted molar refractivity (Wildman–Crippen MR) is 139 cm³/mol. The Morgan fingerprint density at radius 3 is 2.49 bits per heavy atom. The zero-order chi connectivity index (χ0) is 28.4. The first-order valence-corrected chi connectivity index (χ1v) is 12.9. The number of primary amides is 1. The first kappa shape index (κ1) is 26.6. The average Bonchev–Trinajstić information content (AvgIpc) is 2.86. The number of phenols is 1. The van der Waals surface area contributed by atoms with E-state index < -0.39 is 58.3 Å². The number of Topliss-reactive ketones (excluding diaryl/α,β-unsaturated/α-hetero) is 4. The van der Waals surface area contributed by atoms with Crippen molar-refractivity contribution in [1.29, 1.82) is 0 Å². The lowest BCUT2D eigenvalue weighted by Crippen LogP contribution is -2.68. The summed E-state index contributed by atoms with van der Waals surface area (Å²) in [6.45, 7) is 2.29. The summed E-state index contributed by atoms with van der Waals surface area (Å²) >= 11 is 0. The Bertz CT molecular complexity index is 1450. The molecule has 204 valence electrons. The fourth-order valence-electron chi connectivity index (χ4n) is 6.55. The van der Waals surface area contributed by atoms with Crippen LogP contribution in [0.25, 0.3) is 11.1 Å². The number of benzene rings is 2. The van der Waals surface area contributed by atoms with Gasteiger partial charge in [-0.2, -0.15) is 0 Å². The van der Waals surface area contributed by atoms with Crippen LogP contribution in [-0.2, 0) is 25.6 Å².